The number of hydrogen-bond donors (Lipinski definition) is 2. The Morgan fingerprint density at radius 1 is 1.21 bits per heavy atom. The summed E-state index contributed by atoms with van der Waals surface area (Å²) in [7, 11) is 0. The summed E-state index contributed by atoms with van der Waals surface area (Å²) < 4.78 is 0. The van der Waals surface area contributed by atoms with Crippen LogP contribution in [0, 0.1) is 11.8 Å². The van der Waals surface area contributed by atoms with Crippen LogP contribution < -0.4 is 10.6 Å². The zero-order chi connectivity index (χ0) is 14.4. The van der Waals surface area contributed by atoms with Gasteiger partial charge in [-0.25, -0.2) is 4.79 Å². The standard InChI is InChI=1S/C15H22N2O2/c1-10(2)11(3)9-16-15(19)17-14-7-5-6-13(8-14)12(4)18/h5-8,10-11H,9H2,1-4H3,(H2,16,17,19). The summed E-state index contributed by atoms with van der Waals surface area (Å²) in [4.78, 5) is 23.0. The van der Waals surface area contributed by atoms with E-state index >= 15 is 0 Å². The smallest absolute Gasteiger partial charge is 0.319 e. The number of carbonyl (C=O) groups excluding carboxylic acids is 2. The van der Waals surface area contributed by atoms with Crippen molar-refractivity contribution >= 4 is 17.5 Å². The minimum absolute atomic E-state index is 0.0162. The molecule has 0 spiro atoms. The number of ketones is 1. The zero-order valence-electron chi connectivity index (χ0n) is 12.0. The van der Waals surface area contributed by atoms with E-state index < -0.39 is 0 Å². The Bertz CT molecular complexity index is 455. The lowest BCUT2D eigenvalue weighted by Gasteiger charge is -2.16. The number of amides is 2. The van der Waals surface area contributed by atoms with Crippen LogP contribution in [0.2, 0.25) is 0 Å². The Labute approximate surface area is 114 Å². The highest BCUT2D eigenvalue weighted by Gasteiger charge is 2.09. The Kier molecular flexibility index (Phi) is 5.55. The fourth-order valence-corrected chi connectivity index (χ4v) is 1.48. The van der Waals surface area contributed by atoms with Crippen molar-refractivity contribution in [3.8, 4) is 0 Å². The van der Waals surface area contributed by atoms with E-state index in [1.54, 1.807) is 24.3 Å². The highest BCUT2D eigenvalue weighted by molar-refractivity contribution is 5.96. The average Bonchev–Trinajstić information content (AvgIpc) is 2.36. The molecule has 0 aliphatic carbocycles. The first-order valence-corrected chi connectivity index (χ1v) is 6.56. The molecule has 0 heterocycles. The molecule has 2 N–H and O–H groups in total. The minimum atomic E-state index is -0.242. The summed E-state index contributed by atoms with van der Waals surface area (Å²) in [5, 5.41) is 5.56. The van der Waals surface area contributed by atoms with Crippen LogP contribution in [-0.4, -0.2) is 18.4 Å². The number of rotatable bonds is 5. The van der Waals surface area contributed by atoms with Crippen LogP contribution in [0.25, 0.3) is 0 Å². The van der Waals surface area contributed by atoms with Crippen LogP contribution in [0.4, 0.5) is 10.5 Å². The fraction of sp³-hybridized carbons (Fsp3) is 0.467. The normalized spacial score (nSPS) is 12.1. The lowest BCUT2D eigenvalue weighted by atomic mass is 9.98. The SMILES string of the molecule is CC(=O)c1cccc(NC(=O)NCC(C)C(C)C)c1. The van der Waals surface area contributed by atoms with E-state index in [1.807, 2.05) is 0 Å². The molecule has 0 aliphatic rings. The van der Waals surface area contributed by atoms with Crippen molar-refractivity contribution < 1.29 is 9.59 Å². The number of Topliss-reactive ketones (excluding diaryl/α,β-unsaturated/α-hetero) is 1. The first kappa shape index (κ1) is 15.2. The lowest BCUT2D eigenvalue weighted by Crippen LogP contribution is -2.33. The predicted molar refractivity (Wildman–Crippen MR) is 77.5 cm³/mol. The lowest BCUT2D eigenvalue weighted by molar-refractivity contribution is 0.101. The fourth-order valence-electron chi connectivity index (χ4n) is 1.48. The van der Waals surface area contributed by atoms with Crippen molar-refractivity contribution in [1.29, 1.82) is 0 Å². The summed E-state index contributed by atoms with van der Waals surface area (Å²) in [6, 6.07) is 6.68. The number of urea groups is 1. The van der Waals surface area contributed by atoms with Gasteiger partial charge in [-0.2, -0.15) is 0 Å². The Morgan fingerprint density at radius 2 is 1.89 bits per heavy atom. The van der Waals surface area contributed by atoms with Crippen LogP contribution in [0.15, 0.2) is 24.3 Å². The summed E-state index contributed by atoms with van der Waals surface area (Å²) in [5.74, 6) is 0.938. The first-order valence-electron chi connectivity index (χ1n) is 6.56. The second-order valence-corrected chi connectivity index (χ2v) is 5.19. The van der Waals surface area contributed by atoms with E-state index in [4.69, 9.17) is 0 Å². The van der Waals surface area contributed by atoms with E-state index in [2.05, 4.69) is 31.4 Å². The number of benzene rings is 1. The van der Waals surface area contributed by atoms with Crippen LogP contribution in [-0.2, 0) is 0 Å². The summed E-state index contributed by atoms with van der Waals surface area (Å²) >= 11 is 0. The molecule has 1 unspecified atom stereocenters. The molecule has 1 aromatic rings. The van der Waals surface area contributed by atoms with Crippen molar-refractivity contribution in [2.24, 2.45) is 11.8 Å². The largest absolute Gasteiger partial charge is 0.338 e. The third-order valence-corrected chi connectivity index (χ3v) is 3.25. The van der Waals surface area contributed by atoms with E-state index in [0.29, 0.717) is 29.6 Å². The number of anilines is 1. The van der Waals surface area contributed by atoms with Gasteiger partial charge in [-0.3, -0.25) is 4.79 Å². The molecule has 0 saturated heterocycles. The molecular weight excluding hydrogens is 240 g/mol. The van der Waals surface area contributed by atoms with Crippen LogP contribution in [0.1, 0.15) is 38.1 Å². The molecule has 4 nitrogen and oxygen atoms in total. The van der Waals surface area contributed by atoms with Gasteiger partial charge in [0.1, 0.15) is 0 Å². The van der Waals surface area contributed by atoms with E-state index in [-0.39, 0.29) is 11.8 Å². The highest BCUT2D eigenvalue weighted by Crippen LogP contribution is 2.11. The van der Waals surface area contributed by atoms with Crippen molar-refractivity contribution in [3.05, 3.63) is 29.8 Å². The molecule has 2 amide bonds. The molecule has 0 fully saturated rings. The Hall–Kier alpha value is -1.84. The topological polar surface area (TPSA) is 58.2 Å². The van der Waals surface area contributed by atoms with Gasteiger partial charge in [0.15, 0.2) is 5.78 Å². The van der Waals surface area contributed by atoms with Gasteiger partial charge in [0.2, 0.25) is 0 Å². The summed E-state index contributed by atoms with van der Waals surface area (Å²) in [6.07, 6.45) is 0. The van der Waals surface area contributed by atoms with E-state index in [0.717, 1.165) is 0 Å². The Balaban J connectivity index is 2.53. The number of hydrogen-bond acceptors (Lipinski definition) is 2. The van der Waals surface area contributed by atoms with Crippen molar-refractivity contribution in [3.63, 3.8) is 0 Å². The van der Waals surface area contributed by atoms with Crippen molar-refractivity contribution in [2.75, 3.05) is 11.9 Å². The molecule has 1 aromatic carbocycles. The Morgan fingerprint density at radius 3 is 2.47 bits per heavy atom. The van der Waals surface area contributed by atoms with Gasteiger partial charge in [-0.05, 0) is 30.9 Å². The monoisotopic (exact) mass is 262 g/mol. The van der Waals surface area contributed by atoms with E-state index in [1.165, 1.54) is 6.92 Å². The van der Waals surface area contributed by atoms with Gasteiger partial charge < -0.3 is 10.6 Å². The molecule has 1 rings (SSSR count). The highest BCUT2D eigenvalue weighted by atomic mass is 16.2. The molecule has 0 radical (unpaired) electrons. The molecular formula is C15H22N2O2. The molecule has 0 saturated carbocycles. The predicted octanol–water partition coefficient (Wildman–Crippen LogP) is 3.30. The van der Waals surface area contributed by atoms with Gasteiger partial charge in [0.05, 0.1) is 0 Å². The first-order chi connectivity index (χ1) is 8.90. The van der Waals surface area contributed by atoms with Gasteiger partial charge in [-0.15, -0.1) is 0 Å². The maximum Gasteiger partial charge on any atom is 0.319 e. The van der Waals surface area contributed by atoms with Gasteiger partial charge in [-0.1, -0.05) is 32.9 Å². The third-order valence-electron chi connectivity index (χ3n) is 3.25. The minimum Gasteiger partial charge on any atom is -0.338 e. The van der Waals surface area contributed by atoms with Gasteiger partial charge in [0.25, 0.3) is 0 Å². The summed E-state index contributed by atoms with van der Waals surface area (Å²) in [5.41, 5.74) is 1.22. The maximum atomic E-state index is 11.7. The van der Waals surface area contributed by atoms with Gasteiger partial charge in [0, 0.05) is 17.8 Å². The van der Waals surface area contributed by atoms with Crippen molar-refractivity contribution in [2.45, 2.75) is 27.7 Å². The van der Waals surface area contributed by atoms with E-state index in [9.17, 15) is 9.59 Å². The van der Waals surface area contributed by atoms with Crippen molar-refractivity contribution in [1.82, 2.24) is 5.32 Å². The molecule has 0 aromatic heterocycles. The second kappa shape index (κ2) is 6.92. The molecule has 0 bridgehead atoms. The second-order valence-electron chi connectivity index (χ2n) is 5.19. The number of nitrogens with one attached hydrogen (secondary N) is 2. The quantitative estimate of drug-likeness (QED) is 0.800. The molecule has 4 heteroatoms. The van der Waals surface area contributed by atoms with Crippen LogP contribution in [0.3, 0.4) is 0 Å². The van der Waals surface area contributed by atoms with Crippen LogP contribution in [0.5, 0.6) is 0 Å². The molecule has 1 atom stereocenters. The molecule has 0 aliphatic heterocycles. The number of carbonyl (C=O) groups is 2. The van der Waals surface area contributed by atoms with Gasteiger partial charge >= 0.3 is 6.03 Å². The van der Waals surface area contributed by atoms with Crippen LogP contribution >= 0.6 is 0 Å². The molecule has 104 valence electrons. The summed E-state index contributed by atoms with van der Waals surface area (Å²) in [6.45, 7) is 8.49. The third kappa shape index (κ3) is 5.12. The maximum absolute atomic E-state index is 11.7. The molecule has 19 heavy (non-hydrogen) atoms. The zero-order valence-corrected chi connectivity index (χ0v) is 12.0. The average molecular weight is 262 g/mol.